The minimum Gasteiger partial charge on any atom is -0.316 e. The topological polar surface area (TPSA) is 40.6 Å². The van der Waals surface area contributed by atoms with Crippen LogP contribution in [0, 0.1) is 0 Å². The molecule has 4 aliphatic rings. The van der Waals surface area contributed by atoms with Crippen molar-refractivity contribution in [3.05, 3.63) is 92.0 Å². The predicted octanol–water partition coefficient (Wildman–Crippen LogP) is 5.36. The van der Waals surface area contributed by atoms with Crippen molar-refractivity contribution in [2.75, 3.05) is 6.67 Å². The summed E-state index contributed by atoms with van der Waals surface area (Å²) >= 11 is 3.23. The van der Waals surface area contributed by atoms with E-state index < -0.39 is 0 Å². The molecule has 0 amide bonds. The first kappa shape index (κ1) is 19.9. The Hall–Kier alpha value is -2.44. The zero-order valence-electron chi connectivity index (χ0n) is 16.4. The van der Waals surface area contributed by atoms with E-state index in [0.29, 0.717) is 6.67 Å². The summed E-state index contributed by atoms with van der Waals surface area (Å²) in [5.41, 5.74) is 2.18. The fourth-order valence-electron chi connectivity index (χ4n) is 3.39. The minimum atomic E-state index is 0.0237. The molecule has 0 unspecified atom stereocenters. The van der Waals surface area contributed by atoms with Crippen molar-refractivity contribution in [2.45, 2.75) is 26.7 Å². The van der Waals surface area contributed by atoms with Gasteiger partial charge in [0.2, 0.25) is 0 Å². The molecule has 0 fully saturated rings. The second-order valence-corrected chi connectivity index (χ2v) is 9.09. The van der Waals surface area contributed by atoms with E-state index in [1.165, 1.54) is 0 Å². The van der Waals surface area contributed by atoms with Crippen molar-refractivity contribution in [3.63, 3.8) is 0 Å². The number of carbonyl (C=O) groups is 2. The molecule has 2 heterocycles. The van der Waals surface area contributed by atoms with Crippen LogP contribution in [0.3, 0.4) is 0 Å². The van der Waals surface area contributed by atoms with Gasteiger partial charge in [0.1, 0.15) is 6.67 Å². The van der Waals surface area contributed by atoms with Crippen molar-refractivity contribution in [3.8, 4) is 0 Å². The molecule has 0 bridgehead atoms. The van der Waals surface area contributed by atoms with Crippen LogP contribution < -0.4 is 0 Å². The summed E-state index contributed by atoms with van der Waals surface area (Å²) < 4.78 is 0. The standard InChI is InChI=1S/C23H22N2O2S2/c1-16(26)13-22-24(18-9-5-3-7-11-20(18)28-22)15-25-19-10-6-4-8-12-21(19)29-23(25)14-17(2)27/h5-14H,3-4,15H2,1-2H3/b22-13+,23-14+. The van der Waals surface area contributed by atoms with E-state index in [1.807, 2.05) is 0 Å². The highest BCUT2D eigenvalue weighted by atomic mass is 32.2. The third kappa shape index (κ3) is 4.28. The predicted molar refractivity (Wildman–Crippen MR) is 121 cm³/mol. The van der Waals surface area contributed by atoms with Gasteiger partial charge in [0.15, 0.2) is 11.6 Å². The number of carbonyl (C=O) groups excluding carboxylic acids is 2. The molecule has 0 radical (unpaired) electrons. The monoisotopic (exact) mass is 422 g/mol. The van der Waals surface area contributed by atoms with Crippen LogP contribution in [0.4, 0.5) is 0 Å². The Balaban J connectivity index is 1.75. The molecule has 0 spiro atoms. The van der Waals surface area contributed by atoms with Gasteiger partial charge in [-0.1, -0.05) is 47.8 Å². The SMILES string of the molecule is CC(=O)/C=C1/SC2=C(C=CCC=C2)N1CN1C2=C(C=CCC=C2)S/C1=C/C(C)=O. The van der Waals surface area contributed by atoms with Gasteiger partial charge in [0.25, 0.3) is 0 Å². The number of allylic oxidation sites excluding steroid dienone is 10. The second kappa shape index (κ2) is 8.51. The molecule has 0 saturated carbocycles. The molecule has 6 heteroatoms. The van der Waals surface area contributed by atoms with Gasteiger partial charge in [-0.25, -0.2) is 0 Å². The van der Waals surface area contributed by atoms with Gasteiger partial charge in [0.05, 0.1) is 21.5 Å². The summed E-state index contributed by atoms with van der Waals surface area (Å²) in [4.78, 5) is 30.3. The number of thioether (sulfide) groups is 2. The maximum atomic E-state index is 11.9. The first-order chi connectivity index (χ1) is 14.0. The zero-order valence-corrected chi connectivity index (χ0v) is 18.1. The molecular weight excluding hydrogens is 400 g/mol. The number of ketones is 2. The van der Waals surface area contributed by atoms with Crippen LogP contribution in [-0.4, -0.2) is 28.0 Å². The van der Waals surface area contributed by atoms with E-state index in [2.05, 4.69) is 58.4 Å². The number of rotatable bonds is 4. The largest absolute Gasteiger partial charge is 0.316 e. The van der Waals surface area contributed by atoms with E-state index in [1.54, 1.807) is 49.5 Å². The van der Waals surface area contributed by atoms with Crippen LogP contribution in [0.25, 0.3) is 0 Å². The van der Waals surface area contributed by atoms with Gasteiger partial charge >= 0.3 is 0 Å². The summed E-state index contributed by atoms with van der Waals surface area (Å²) in [6.45, 7) is 3.69. The van der Waals surface area contributed by atoms with Crippen molar-refractivity contribution in [1.82, 2.24) is 9.80 Å². The molecule has 148 valence electrons. The second-order valence-electron chi connectivity index (χ2n) is 6.97. The lowest BCUT2D eigenvalue weighted by Crippen LogP contribution is -2.32. The van der Waals surface area contributed by atoms with E-state index in [-0.39, 0.29) is 11.6 Å². The number of hydrogen-bond acceptors (Lipinski definition) is 6. The van der Waals surface area contributed by atoms with Gasteiger partial charge in [-0.2, -0.15) is 0 Å². The molecule has 2 aliphatic carbocycles. The van der Waals surface area contributed by atoms with Gasteiger partial charge in [-0.05, 0) is 51.0 Å². The molecular formula is C23H22N2O2S2. The average molecular weight is 423 g/mol. The van der Waals surface area contributed by atoms with Crippen molar-refractivity contribution < 1.29 is 9.59 Å². The lowest BCUT2D eigenvalue weighted by atomic mass is 10.3. The maximum Gasteiger partial charge on any atom is 0.155 e. The quantitative estimate of drug-likeness (QED) is 0.568. The summed E-state index contributed by atoms with van der Waals surface area (Å²) in [5, 5.41) is 1.82. The molecule has 29 heavy (non-hydrogen) atoms. The van der Waals surface area contributed by atoms with Crippen LogP contribution in [0.1, 0.15) is 26.7 Å². The molecule has 0 aromatic rings. The Labute approximate surface area is 179 Å². The smallest absolute Gasteiger partial charge is 0.155 e. The van der Waals surface area contributed by atoms with Gasteiger partial charge in [-0.3, -0.25) is 9.59 Å². The van der Waals surface area contributed by atoms with Crippen LogP contribution in [0.5, 0.6) is 0 Å². The number of nitrogens with zero attached hydrogens (tertiary/aromatic N) is 2. The molecule has 2 aliphatic heterocycles. The molecule has 0 saturated heterocycles. The summed E-state index contributed by atoms with van der Waals surface area (Å²) in [5.74, 6) is 0.0474. The van der Waals surface area contributed by atoms with E-state index >= 15 is 0 Å². The van der Waals surface area contributed by atoms with E-state index in [0.717, 1.165) is 44.1 Å². The van der Waals surface area contributed by atoms with E-state index in [9.17, 15) is 9.59 Å². The zero-order chi connectivity index (χ0) is 20.4. The molecule has 0 atom stereocenters. The molecule has 0 aromatic carbocycles. The Morgan fingerprint density at radius 2 is 1.21 bits per heavy atom. The molecule has 0 N–H and O–H groups in total. The minimum absolute atomic E-state index is 0.0237. The highest BCUT2D eigenvalue weighted by molar-refractivity contribution is 8.07. The van der Waals surface area contributed by atoms with Crippen LogP contribution >= 0.6 is 23.5 Å². The van der Waals surface area contributed by atoms with Crippen molar-refractivity contribution in [1.29, 1.82) is 0 Å². The molecule has 0 aromatic heterocycles. The normalized spacial score (nSPS) is 23.2. The average Bonchev–Trinajstić information content (AvgIpc) is 2.92. The molecule has 4 rings (SSSR count). The first-order valence-corrected chi connectivity index (χ1v) is 11.2. The van der Waals surface area contributed by atoms with Crippen LogP contribution in [-0.2, 0) is 9.59 Å². The van der Waals surface area contributed by atoms with E-state index in [4.69, 9.17) is 0 Å². The van der Waals surface area contributed by atoms with Crippen LogP contribution in [0.2, 0.25) is 0 Å². The Bertz CT molecular complexity index is 926. The van der Waals surface area contributed by atoms with Gasteiger partial charge in [0, 0.05) is 22.0 Å². The third-order valence-corrected chi connectivity index (χ3v) is 6.84. The molecule has 4 nitrogen and oxygen atoms in total. The van der Waals surface area contributed by atoms with Crippen molar-refractivity contribution >= 4 is 35.1 Å². The fourth-order valence-corrected chi connectivity index (χ4v) is 5.72. The Morgan fingerprint density at radius 3 is 1.62 bits per heavy atom. The Morgan fingerprint density at radius 1 is 0.793 bits per heavy atom. The first-order valence-electron chi connectivity index (χ1n) is 9.53. The maximum absolute atomic E-state index is 11.9. The lowest BCUT2D eigenvalue weighted by molar-refractivity contribution is -0.113. The van der Waals surface area contributed by atoms with Crippen molar-refractivity contribution in [2.24, 2.45) is 0 Å². The van der Waals surface area contributed by atoms with Crippen LogP contribution in [0.15, 0.2) is 92.0 Å². The summed E-state index contributed by atoms with van der Waals surface area (Å²) in [6.07, 6.45) is 22.2. The highest BCUT2D eigenvalue weighted by Crippen LogP contribution is 2.47. The van der Waals surface area contributed by atoms with Gasteiger partial charge in [-0.15, -0.1) is 0 Å². The third-order valence-electron chi connectivity index (χ3n) is 4.62. The summed E-state index contributed by atoms with van der Waals surface area (Å²) in [7, 11) is 0. The summed E-state index contributed by atoms with van der Waals surface area (Å²) in [6, 6.07) is 0. The highest BCUT2D eigenvalue weighted by Gasteiger charge is 2.33. The lowest BCUT2D eigenvalue weighted by Gasteiger charge is -2.30. The number of hydrogen-bond donors (Lipinski definition) is 0. The van der Waals surface area contributed by atoms with Gasteiger partial charge < -0.3 is 9.80 Å². The Kier molecular flexibility index (Phi) is 5.83. The fraction of sp³-hybridized carbons (Fsp3) is 0.217.